The van der Waals surface area contributed by atoms with Gasteiger partial charge in [-0.2, -0.15) is 0 Å². The Morgan fingerprint density at radius 3 is 2.23 bits per heavy atom. The zero-order valence-corrected chi connectivity index (χ0v) is 16.3. The van der Waals surface area contributed by atoms with E-state index in [1.807, 2.05) is 13.8 Å². The summed E-state index contributed by atoms with van der Waals surface area (Å²) in [6.45, 7) is 12.5. The van der Waals surface area contributed by atoms with Crippen molar-refractivity contribution in [2.45, 2.75) is 59.5 Å². The van der Waals surface area contributed by atoms with E-state index in [0.717, 1.165) is 5.69 Å². The van der Waals surface area contributed by atoms with Crippen LogP contribution >= 0.6 is 0 Å². The van der Waals surface area contributed by atoms with Crippen LogP contribution in [0.2, 0.25) is 0 Å². The minimum atomic E-state index is -0.952. The van der Waals surface area contributed by atoms with Gasteiger partial charge >= 0.3 is 6.09 Å². The van der Waals surface area contributed by atoms with Gasteiger partial charge in [-0.05, 0) is 60.6 Å². The van der Waals surface area contributed by atoms with Crippen LogP contribution < -0.4 is 5.32 Å². The average molecular weight is 359 g/mol. The van der Waals surface area contributed by atoms with Crippen LogP contribution in [0.1, 0.15) is 62.5 Å². The summed E-state index contributed by atoms with van der Waals surface area (Å²) in [6.07, 6.45) is 0.837. The van der Waals surface area contributed by atoms with Crippen molar-refractivity contribution in [3.63, 3.8) is 0 Å². The van der Waals surface area contributed by atoms with Crippen LogP contribution in [0.15, 0.2) is 22.7 Å². The van der Waals surface area contributed by atoms with Crippen LogP contribution in [-0.4, -0.2) is 27.4 Å². The number of carbonyl (C=O) groups is 2. The molecule has 0 saturated heterocycles. The van der Waals surface area contributed by atoms with Gasteiger partial charge in [0.1, 0.15) is 22.5 Å². The fraction of sp³-hybridized carbons (Fsp3) is 0.474. The van der Waals surface area contributed by atoms with E-state index in [-0.39, 0.29) is 11.5 Å². The molecule has 0 aliphatic rings. The van der Waals surface area contributed by atoms with Crippen LogP contribution in [0, 0.1) is 13.8 Å². The molecule has 1 amide bonds. The molecule has 0 fully saturated rings. The zero-order valence-electron chi connectivity index (χ0n) is 16.3. The third kappa shape index (κ3) is 4.47. The molecule has 0 spiro atoms. The first-order chi connectivity index (χ1) is 11.9. The van der Waals surface area contributed by atoms with Crippen LogP contribution in [-0.2, 0) is 10.2 Å². The van der Waals surface area contributed by atoms with E-state index in [9.17, 15) is 9.59 Å². The first-order valence-electron chi connectivity index (χ1n) is 8.35. The number of pyridine rings is 1. The summed E-state index contributed by atoms with van der Waals surface area (Å²) in [5, 5.41) is 2.58. The molecular formula is C19H25N3O4. The van der Waals surface area contributed by atoms with Crippen molar-refractivity contribution < 1.29 is 18.7 Å². The van der Waals surface area contributed by atoms with Gasteiger partial charge in [-0.1, -0.05) is 0 Å². The highest BCUT2D eigenvalue weighted by molar-refractivity contribution is 6.01. The number of aryl methyl sites for hydroxylation is 2. The zero-order chi connectivity index (χ0) is 19.7. The predicted octanol–water partition coefficient (Wildman–Crippen LogP) is 4.19. The number of oxazole rings is 1. The summed E-state index contributed by atoms with van der Waals surface area (Å²) in [4.78, 5) is 33.1. The first kappa shape index (κ1) is 19.6. The second kappa shape index (κ2) is 6.90. The number of ether oxygens (including phenoxy) is 1. The molecule has 0 unspecified atom stereocenters. The fourth-order valence-corrected chi connectivity index (χ4v) is 2.18. The standard InChI is InChI=1S/C19H25N3O4/c1-11-12(2)25-16(21-11)19(6,7)15(23)14-9-8-13(10-20-14)22-17(24)26-18(3,4)5/h8-10H,1-7H3,(H,22,24). The topological polar surface area (TPSA) is 94.3 Å². The third-order valence-electron chi connectivity index (χ3n) is 3.77. The molecule has 7 nitrogen and oxygen atoms in total. The van der Waals surface area contributed by atoms with E-state index in [1.54, 1.807) is 46.8 Å². The normalized spacial score (nSPS) is 12.0. The van der Waals surface area contributed by atoms with Crippen molar-refractivity contribution in [2.75, 3.05) is 5.32 Å². The van der Waals surface area contributed by atoms with Gasteiger partial charge in [-0.3, -0.25) is 15.1 Å². The molecule has 0 aromatic carbocycles. The SMILES string of the molecule is Cc1nc(C(C)(C)C(=O)c2ccc(NC(=O)OC(C)(C)C)cn2)oc1C. The largest absolute Gasteiger partial charge is 0.445 e. The lowest BCUT2D eigenvalue weighted by Gasteiger charge is -2.20. The van der Waals surface area contributed by atoms with E-state index >= 15 is 0 Å². The Bertz CT molecular complexity index is 795. The summed E-state index contributed by atoms with van der Waals surface area (Å²) in [5.74, 6) is 0.823. The van der Waals surface area contributed by atoms with Crippen LogP contribution in [0.25, 0.3) is 0 Å². The fourth-order valence-electron chi connectivity index (χ4n) is 2.18. The van der Waals surface area contributed by atoms with E-state index in [2.05, 4.69) is 15.3 Å². The molecule has 2 heterocycles. The maximum Gasteiger partial charge on any atom is 0.412 e. The number of nitrogens with zero attached hydrogens (tertiary/aromatic N) is 2. The lowest BCUT2D eigenvalue weighted by Crippen LogP contribution is -2.30. The molecule has 1 N–H and O–H groups in total. The second-order valence-electron chi connectivity index (χ2n) is 7.67. The average Bonchev–Trinajstić information content (AvgIpc) is 2.85. The van der Waals surface area contributed by atoms with Crippen molar-refractivity contribution >= 4 is 17.6 Å². The van der Waals surface area contributed by atoms with Gasteiger partial charge in [-0.25, -0.2) is 9.78 Å². The monoisotopic (exact) mass is 359 g/mol. The predicted molar refractivity (Wildman–Crippen MR) is 97.4 cm³/mol. The maximum atomic E-state index is 12.8. The molecule has 140 valence electrons. The quantitative estimate of drug-likeness (QED) is 0.822. The first-order valence-corrected chi connectivity index (χ1v) is 8.35. The molecule has 2 rings (SSSR count). The molecule has 7 heteroatoms. The van der Waals surface area contributed by atoms with Crippen LogP contribution in [0.4, 0.5) is 10.5 Å². The number of anilines is 1. The Labute approximate surface area is 153 Å². The molecule has 0 bridgehead atoms. The molecule has 2 aromatic rings. The lowest BCUT2D eigenvalue weighted by molar-refractivity contribution is 0.0635. The minimum Gasteiger partial charge on any atom is -0.445 e. The molecule has 0 saturated carbocycles. The minimum absolute atomic E-state index is 0.220. The van der Waals surface area contributed by atoms with Crippen LogP contribution in [0.3, 0.4) is 0 Å². The highest BCUT2D eigenvalue weighted by atomic mass is 16.6. The molecule has 0 radical (unpaired) electrons. The molecule has 0 aliphatic heterocycles. The Morgan fingerprint density at radius 1 is 1.12 bits per heavy atom. The van der Waals surface area contributed by atoms with Crippen molar-refractivity contribution in [3.05, 3.63) is 41.4 Å². The number of carbonyl (C=O) groups excluding carboxylic acids is 2. The number of hydrogen-bond acceptors (Lipinski definition) is 6. The van der Waals surface area contributed by atoms with Gasteiger partial charge in [0, 0.05) is 0 Å². The van der Waals surface area contributed by atoms with Gasteiger partial charge in [0.2, 0.25) is 5.89 Å². The second-order valence-corrected chi connectivity index (χ2v) is 7.67. The highest BCUT2D eigenvalue weighted by Gasteiger charge is 2.36. The van der Waals surface area contributed by atoms with Gasteiger partial charge in [0.15, 0.2) is 5.78 Å². The lowest BCUT2D eigenvalue weighted by atomic mass is 9.86. The van der Waals surface area contributed by atoms with E-state index in [1.165, 1.54) is 6.20 Å². The third-order valence-corrected chi connectivity index (χ3v) is 3.77. The molecule has 2 aromatic heterocycles. The Morgan fingerprint density at radius 2 is 1.77 bits per heavy atom. The van der Waals surface area contributed by atoms with Gasteiger partial charge in [-0.15, -0.1) is 0 Å². The Balaban J connectivity index is 2.14. The molecule has 0 atom stereocenters. The van der Waals surface area contributed by atoms with Gasteiger partial charge in [0.25, 0.3) is 0 Å². The maximum absolute atomic E-state index is 12.8. The highest BCUT2D eigenvalue weighted by Crippen LogP contribution is 2.28. The summed E-state index contributed by atoms with van der Waals surface area (Å²) in [5.41, 5.74) is -0.0870. The number of nitrogens with one attached hydrogen (secondary N) is 1. The van der Waals surface area contributed by atoms with E-state index in [0.29, 0.717) is 17.3 Å². The van der Waals surface area contributed by atoms with E-state index in [4.69, 9.17) is 9.15 Å². The van der Waals surface area contributed by atoms with Crippen LogP contribution in [0.5, 0.6) is 0 Å². The Kier molecular flexibility index (Phi) is 5.21. The summed E-state index contributed by atoms with van der Waals surface area (Å²) in [6, 6.07) is 3.16. The number of ketones is 1. The molecule has 0 aliphatic carbocycles. The molecular weight excluding hydrogens is 334 g/mol. The van der Waals surface area contributed by atoms with Crippen molar-refractivity contribution in [3.8, 4) is 0 Å². The smallest absolute Gasteiger partial charge is 0.412 e. The van der Waals surface area contributed by atoms with Gasteiger partial charge < -0.3 is 9.15 Å². The number of amides is 1. The number of aromatic nitrogens is 2. The summed E-state index contributed by atoms with van der Waals surface area (Å²) in [7, 11) is 0. The van der Waals surface area contributed by atoms with Gasteiger partial charge in [0.05, 0.1) is 17.6 Å². The number of rotatable bonds is 4. The number of hydrogen-bond donors (Lipinski definition) is 1. The van der Waals surface area contributed by atoms with Crippen molar-refractivity contribution in [1.29, 1.82) is 0 Å². The summed E-state index contributed by atoms with van der Waals surface area (Å²) < 4.78 is 10.8. The van der Waals surface area contributed by atoms with Crippen molar-refractivity contribution in [1.82, 2.24) is 9.97 Å². The molecule has 26 heavy (non-hydrogen) atoms. The van der Waals surface area contributed by atoms with Crippen molar-refractivity contribution in [2.24, 2.45) is 0 Å². The van der Waals surface area contributed by atoms with E-state index < -0.39 is 17.1 Å². The number of Topliss-reactive ketones (excluding diaryl/α,β-unsaturated/α-hetero) is 1. The summed E-state index contributed by atoms with van der Waals surface area (Å²) >= 11 is 0. The Hall–Kier alpha value is -2.70.